The number of methoxy groups -OCH3 is 1. The Bertz CT molecular complexity index is 870. The molecule has 0 spiro atoms. The first-order chi connectivity index (χ1) is 10.1. The lowest BCUT2D eigenvalue weighted by molar-refractivity contribution is 0.415. The monoisotopic (exact) mass is 305 g/mol. The van der Waals surface area contributed by atoms with Crippen molar-refractivity contribution in [3.8, 4) is 5.75 Å². The van der Waals surface area contributed by atoms with Crippen molar-refractivity contribution < 1.29 is 9.15 Å². The molecule has 0 radical (unpaired) electrons. The molecule has 108 valence electrons. The molecule has 0 bridgehead atoms. The highest BCUT2D eigenvalue weighted by Crippen LogP contribution is 2.31. The van der Waals surface area contributed by atoms with Gasteiger partial charge in [-0.3, -0.25) is 4.98 Å². The number of nitrogens with two attached hydrogens (primary N) is 1. The Hall–Kier alpha value is -2.60. The summed E-state index contributed by atoms with van der Waals surface area (Å²) in [5.74, 6) is 0.0350. The molecule has 0 aliphatic rings. The third kappa shape index (κ3) is 2.53. The van der Waals surface area contributed by atoms with Crippen LogP contribution in [0.25, 0.3) is 11.1 Å². The Morgan fingerprint density at radius 3 is 2.90 bits per heavy atom. The Morgan fingerprint density at radius 2 is 2.14 bits per heavy atom. The largest absolute Gasteiger partial charge is 0.495 e. The molecule has 0 aliphatic carbocycles. The molecule has 0 saturated carbocycles. The number of nitrogens with one attached hydrogen (secondary N) is 2. The number of halogens is 1. The fraction of sp³-hybridized carbons (Fsp3) is 0.0714. The molecular weight excluding hydrogens is 294 g/mol. The van der Waals surface area contributed by atoms with E-state index in [-0.39, 0.29) is 0 Å². The van der Waals surface area contributed by atoms with Gasteiger partial charge in [0.15, 0.2) is 5.58 Å². The highest BCUT2D eigenvalue weighted by atomic mass is 35.5. The van der Waals surface area contributed by atoms with Crippen molar-refractivity contribution in [2.24, 2.45) is 0 Å². The molecule has 0 atom stereocenters. The van der Waals surface area contributed by atoms with Crippen LogP contribution in [0, 0.1) is 0 Å². The maximum atomic E-state index is 11.2. The minimum atomic E-state index is -0.519. The van der Waals surface area contributed by atoms with E-state index in [1.807, 2.05) is 0 Å². The van der Waals surface area contributed by atoms with Gasteiger partial charge in [0.25, 0.3) is 0 Å². The summed E-state index contributed by atoms with van der Waals surface area (Å²) in [6, 6.07) is 8.56. The van der Waals surface area contributed by atoms with Gasteiger partial charge >= 0.3 is 5.76 Å². The number of hydrogen-bond donors (Lipinski definition) is 3. The number of hydrogen-bond acceptors (Lipinski definition) is 5. The van der Waals surface area contributed by atoms with Gasteiger partial charge in [0.2, 0.25) is 0 Å². The van der Waals surface area contributed by atoms with Crippen LogP contribution < -0.4 is 21.5 Å². The Morgan fingerprint density at radius 1 is 1.33 bits per heavy atom. The summed E-state index contributed by atoms with van der Waals surface area (Å²) in [5.41, 5.74) is 8.79. The van der Waals surface area contributed by atoms with Crippen LogP contribution in [0.1, 0.15) is 0 Å². The summed E-state index contributed by atoms with van der Waals surface area (Å²) >= 11 is 5.98. The number of rotatable bonds is 3. The van der Waals surface area contributed by atoms with Crippen LogP contribution in [0.3, 0.4) is 0 Å². The average molecular weight is 306 g/mol. The van der Waals surface area contributed by atoms with E-state index in [1.165, 1.54) is 0 Å². The van der Waals surface area contributed by atoms with Crippen LogP contribution in [0.15, 0.2) is 39.5 Å². The summed E-state index contributed by atoms with van der Waals surface area (Å²) < 4.78 is 10.1. The van der Waals surface area contributed by atoms with Gasteiger partial charge in [-0.1, -0.05) is 11.6 Å². The second-order valence-corrected chi connectivity index (χ2v) is 4.83. The van der Waals surface area contributed by atoms with Crippen molar-refractivity contribution in [3.05, 3.63) is 45.9 Å². The van der Waals surface area contributed by atoms with E-state index in [1.54, 1.807) is 37.4 Å². The number of aromatic amines is 1. The second-order valence-electron chi connectivity index (χ2n) is 4.42. The number of fused-ring (bicyclic) bond motifs is 1. The van der Waals surface area contributed by atoms with Crippen LogP contribution in [-0.4, -0.2) is 12.1 Å². The number of oxazole rings is 1. The van der Waals surface area contributed by atoms with Gasteiger partial charge in [0.05, 0.1) is 29.0 Å². The molecule has 3 rings (SSSR count). The zero-order valence-corrected chi connectivity index (χ0v) is 11.8. The number of ether oxygens (including phenoxy) is 1. The van der Waals surface area contributed by atoms with Crippen molar-refractivity contribution in [2.75, 3.05) is 18.2 Å². The first-order valence-electron chi connectivity index (χ1n) is 6.10. The van der Waals surface area contributed by atoms with Crippen molar-refractivity contribution >= 4 is 39.8 Å². The number of nitrogen functional groups attached to an aromatic ring is 1. The molecule has 4 N–H and O–H groups in total. The van der Waals surface area contributed by atoms with E-state index in [0.717, 1.165) is 5.69 Å². The fourth-order valence-corrected chi connectivity index (χ4v) is 2.21. The summed E-state index contributed by atoms with van der Waals surface area (Å²) in [6.07, 6.45) is 0. The fourth-order valence-electron chi connectivity index (χ4n) is 2.01. The number of aromatic nitrogens is 1. The van der Waals surface area contributed by atoms with Crippen molar-refractivity contribution in [3.63, 3.8) is 0 Å². The summed E-state index contributed by atoms with van der Waals surface area (Å²) in [7, 11) is 1.54. The first kappa shape index (κ1) is 13.4. The van der Waals surface area contributed by atoms with Crippen molar-refractivity contribution in [1.82, 2.24) is 4.98 Å². The molecule has 0 fully saturated rings. The van der Waals surface area contributed by atoms with E-state index >= 15 is 0 Å². The van der Waals surface area contributed by atoms with Crippen LogP contribution in [0.2, 0.25) is 5.02 Å². The normalized spacial score (nSPS) is 10.8. The summed E-state index contributed by atoms with van der Waals surface area (Å²) in [5, 5.41) is 3.67. The van der Waals surface area contributed by atoms with Gasteiger partial charge < -0.3 is 20.2 Å². The molecule has 0 unspecified atom stereocenters. The number of anilines is 3. The lowest BCUT2D eigenvalue weighted by Crippen LogP contribution is -1.97. The molecule has 3 aromatic rings. The lowest BCUT2D eigenvalue weighted by atomic mass is 10.2. The minimum Gasteiger partial charge on any atom is -0.495 e. The topological polar surface area (TPSA) is 93.3 Å². The van der Waals surface area contributed by atoms with Gasteiger partial charge in [-0.2, -0.15) is 0 Å². The van der Waals surface area contributed by atoms with Crippen LogP contribution in [-0.2, 0) is 0 Å². The molecule has 1 aromatic heterocycles. The third-order valence-electron chi connectivity index (χ3n) is 3.02. The van der Waals surface area contributed by atoms with Crippen LogP contribution >= 0.6 is 11.6 Å². The lowest BCUT2D eigenvalue weighted by Gasteiger charge is -2.11. The minimum absolute atomic E-state index is 0.414. The van der Waals surface area contributed by atoms with E-state index in [9.17, 15) is 4.79 Å². The highest BCUT2D eigenvalue weighted by Gasteiger charge is 2.08. The smallest absolute Gasteiger partial charge is 0.417 e. The number of benzene rings is 2. The zero-order valence-electron chi connectivity index (χ0n) is 11.1. The standard InChI is InChI=1S/C14H12ClN3O3/c1-20-12-4-7(2-3-8(12)15)17-10-6-11-13(5-9(10)16)21-14(19)18-11/h2-6,17H,16H2,1H3,(H,18,19). The predicted octanol–water partition coefficient (Wildman–Crippen LogP) is 3.11. The zero-order chi connectivity index (χ0) is 15.0. The van der Waals surface area contributed by atoms with E-state index < -0.39 is 5.76 Å². The van der Waals surface area contributed by atoms with Crippen molar-refractivity contribution in [2.45, 2.75) is 0 Å². The maximum absolute atomic E-state index is 11.2. The summed E-state index contributed by atoms with van der Waals surface area (Å²) in [4.78, 5) is 13.8. The van der Waals surface area contributed by atoms with Crippen LogP contribution in [0.5, 0.6) is 5.75 Å². The van der Waals surface area contributed by atoms with Gasteiger partial charge in [-0.25, -0.2) is 4.79 Å². The van der Waals surface area contributed by atoms with Gasteiger partial charge in [-0.05, 0) is 18.2 Å². The average Bonchev–Trinajstić information content (AvgIpc) is 2.80. The Balaban J connectivity index is 2.01. The second kappa shape index (κ2) is 5.06. The SMILES string of the molecule is COc1cc(Nc2cc3[nH]c(=O)oc3cc2N)ccc1Cl. The van der Waals surface area contributed by atoms with Crippen molar-refractivity contribution in [1.29, 1.82) is 0 Å². The Kier molecular flexibility index (Phi) is 3.23. The predicted molar refractivity (Wildman–Crippen MR) is 82.5 cm³/mol. The third-order valence-corrected chi connectivity index (χ3v) is 3.33. The van der Waals surface area contributed by atoms with Gasteiger partial charge in [0, 0.05) is 17.8 Å². The van der Waals surface area contributed by atoms with Gasteiger partial charge in [0.1, 0.15) is 5.75 Å². The molecule has 6 nitrogen and oxygen atoms in total. The first-order valence-corrected chi connectivity index (χ1v) is 6.47. The quantitative estimate of drug-likeness (QED) is 0.646. The highest BCUT2D eigenvalue weighted by molar-refractivity contribution is 6.32. The van der Waals surface area contributed by atoms with E-state index in [4.69, 9.17) is 26.5 Å². The Labute approximate surface area is 124 Å². The van der Waals surface area contributed by atoms with E-state index in [2.05, 4.69) is 10.3 Å². The molecular formula is C14H12ClN3O3. The summed E-state index contributed by atoms with van der Waals surface area (Å²) in [6.45, 7) is 0. The van der Waals surface area contributed by atoms with E-state index in [0.29, 0.717) is 33.2 Å². The molecule has 0 saturated heterocycles. The molecule has 0 amide bonds. The molecule has 0 aliphatic heterocycles. The maximum Gasteiger partial charge on any atom is 0.417 e. The molecule has 21 heavy (non-hydrogen) atoms. The molecule has 1 heterocycles. The molecule has 7 heteroatoms. The van der Waals surface area contributed by atoms with Gasteiger partial charge in [-0.15, -0.1) is 0 Å². The van der Waals surface area contributed by atoms with Crippen LogP contribution in [0.4, 0.5) is 17.1 Å². The molecule has 2 aromatic carbocycles. The number of H-pyrrole nitrogens is 1.